The van der Waals surface area contributed by atoms with Crippen LogP contribution >= 0.6 is 0 Å². The van der Waals surface area contributed by atoms with Crippen LogP contribution in [0.3, 0.4) is 0 Å². The van der Waals surface area contributed by atoms with Gasteiger partial charge in [-0.15, -0.1) is 0 Å². The Bertz CT molecular complexity index is 2620. The summed E-state index contributed by atoms with van der Waals surface area (Å²) in [5, 5.41) is 3.57. The highest BCUT2D eigenvalue weighted by Crippen LogP contribution is 2.68. The lowest BCUT2D eigenvalue weighted by Gasteiger charge is -2.63. The van der Waals surface area contributed by atoms with Crippen molar-refractivity contribution >= 4 is 0 Å². The van der Waals surface area contributed by atoms with E-state index in [9.17, 15) is 0 Å². The lowest BCUT2D eigenvalue weighted by Crippen LogP contribution is -2.64. The molecule has 6 aliphatic carbocycles. The molecule has 10 nitrogen and oxygen atoms in total. The number of nitrogens with one attached hydrogen (secondary N) is 1. The van der Waals surface area contributed by atoms with Crippen molar-refractivity contribution in [3.8, 4) is 0 Å². The lowest BCUT2D eigenvalue weighted by molar-refractivity contribution is -0.155. The highest BCUT2D eigenvalue weighted by atomic mass is 16.5. The molecular weight excluding hydrogens is 1590 g/mol. The minimum atomic E-state index is -0.194. The Balaban J connectivity index is -0.000000213. The van der Waals surface area contributed by atoms with Gasteiger partial charge in [-0.1, -0.05) is 475 Å². The number of hydrogen-bond donors (Lipinski definition) is 8. The average Bonchev–Trinajstić information content (AvgIpc) is 1.10. The topological polar surface area (TPSA) is 213 Å². The molecule has 6 saturated carbocycles. The molecule has 8 fully saturated rings. The molecule has 10 heteroatoms. The Kier molecular flexibility index (Phi) is 61.0. The van der Waals surface area contributed by atoms with E-state index in [-0.39, 0.29) is 72.1 Å². The average molecular weight is 1850 g/mol. The van der Waals surface area contributed by atoms with Crippen LogP contribution in [0.2, 0.25) is 0 Å². The SMILES string of the molecule is CC.CC.CC.CC.CC.CC.CC.CC.CC(C)(C)C1(C(C)(C)C)CCCC[C@H]1N.CC(C)(C)C1(C(C)(C)C)CCC[C@@]1(C)N.CC(C)(C)C1(C(C)(C)C)CCC[C@H]1N.CC(C)(C)C1(C(C)(C)C)CC[C@@H](N)C1.CC(C)(C)C1(C(C)(C)C)CC[C@H]1N.CC(C)(C)C1(C(C)(C)C)OCC[C@H]1N.CC(C)(C)C1(C(C)(C)C)OCC[C@H]1N.CN[C@@H]1CCCC1(C(C)(C)C)C(C)(C)C. The van der Waals surface area contributed by atoms with Crippen molar-refractivity contribution in [3.63, 3.8) is 0 Å². The second-order valence-corrected chi connectivity index (χ2v) is 55.8. The number of ether oxygens (including phenoxy) is 2. The monoisotopic (exact) mass is 1850 g/mol. The molecule has 0 aromatic rings. The molecule has 0 unspecified atom stereocenters. The summed E-state index contributed by atoms with van der Waals surface area (Å²) < 4.78 is 12.1. The van der Waals surface area contributed by atoms with Crippen molar-refractivity contribution in [2.75, 3.05) is 20.3 Å². The van der Waals surface area contributed by atoms with Crippen LogP contribution in [0.4, 0.5) is 0 Å². The Morgan fingerprint density at radius 1 is 0.231 bits per heavy atom. The summed E-state index contributed by atoms with van der Waals surface area (Å²) in [5.74, 6) is 0. The van der Waals surface area contributed by atoms with Gasteiger partial charge in [-0.25, -0.2) is 0 Å². The van der Waals surface area contributed by atoms with Gasteiger partial charge in [0, 0.05) is 61.0 Å². The summed E-state index contributed by atoms with van der Waals surface area (Å²) in [6.07, 6.45) is 24.9. The van der Waals surface area contributed by atoms with E-state index in [4.69, 9.17) is 49.6 Å². The van der Waals surface area contributed by atoms with Crippen molar-refractivity contribution in [3.05, 3.63) is 0 Å². The first-order chi connectivity index (χ1) is 57.9. The zero-order valence-corrected chi connectivity index (χ0v) is 103. The molecule has 0 amide bonds. The van der Waals surface area contributed by atoms with Gasteiger partial charge in [0.05, 0.1) is 11.2 Å². The first kappa shape index (κ1) is 145. The maximum atomic E-state index is 6.63. The van der Waals surface area contributed by atoms with Gasteiger partial charge in [-0.3, -0.25) is 0 Å². The Morgan fingerprint density at radius 3 is 0.600 bits per heavy atom. The number of nitrogens with two attached hydrogens (primary N) is 7. The van der Waals surface area contributed by atoms with Crippen LogP contribution in [0, 0.1) is 119 Å². The summed E-state index contributed by atoms with van der Waals surface area (Å²) >= 11 is 0. The predicted octanol–water partition coefficient (Wildman–Crippen LogP) is 35.4. The van der Waals surface area contributed by atoms with E-state index < -0.39 is 0 Å². The third-order valence-electron chi connectivity index (χ3n) is 34.1. The van der Waals surface area contributed by atoms with E-state index in [1.54, 1.807) is 0 Å². The molecule has 2 heterocycles. The minimum Gasteiger partial charge on any atom is -0.372 e. The Hall–Kier alpha value is -0.400. The highest BCUT2D eigenvalue weighted by Gasteiger charge is 2.65. The second kappa shape index (κ2) is 54.7. The van der Waals surface area contributed by atoms with Gasteiger partial charge in [0.1, 0.15) is 0 Å². The van der Waals surface area contributed by atoms with Gasteiger partial charge in [0.25, 0.3) is 0 Å². The maximum Gasteiger partial charge on any atom is 0.0929 e. The maximum absolute atomic E-state index is 6.63. The minimum absolute atomic E-state index is 0.0243. The quantitative estimate of drug-likeness (QED) is 0.124. The zero-order valence-electron chi connectivity index (χ0n) is 103. The zero-order chi connectivity index (χ0) is 107. The third-order valence-corrected chi connectivity index (χ3v) is 34.1. The van der Waals surface area contributed by atoms with Gasteiger partial charge in [0.15, 0.2) is 0 Å². The fraction of sp³-hybridized carbons (Fsp3) is 1.00. The lowest BCUT2D eigenvalue weighted by atomic mass is 9.43. The van der Waals surface area contributed by atoms with Crippen molar-refractivity contribution < 1.29 is 9.47 Å². The predicted molar refractivity (Wildman–Crippen MR) is 600 cm³/mol. The van der Waals surface area contributed by atoms with Crippen LogP contribution in [0.15, 0.2) is 0 Å². The van der Waals surface area contributed by atoms with Crippen LogP contribution < -0.4 is 45.5 Å². The van der Waals surface area contributed by atoms with Gasteiger partial charge in [0.2, 0.25) is 0 Å². The smallest absolute Gasteiger partial charge is 0.0929 e. The molecule has 15 N–H and O–H groups in total. The molecule has 8 atom stereocenters. The summed E-state index contributed by atoms with van der Waals surface area (Å²) in [6.45, 7) is 148. The normalized spacial score (nSPS) is 25.3. The molecule has 0 bridgehead atoms. The largest absolute Gasteiger partial charge is 0.372 e. The van der Waals surface area contributed by atoms with Gasteiger partial charge < -0.3 is 54.9 Å². The molecular formula is C120H264N8O2. The van der Waals surface area contributed by atoms with E-state index in [1.807, 2.05) is 111 Å². The van der Waals surface area contributed by atoms with Crippen LogP contribution in [0.5, 0.6) is 0 Å². The van der Waals surface area contributed by atoms with E-state index in [1.165, 1.54) is 116 Å². The number of rotatable bonds is 1. The molecule has 0 aromatic carbocycles. The summed E-state index contributed by atoms with van der Waals surface area (Å²) in [7, 11) is 2.13. The van der Waals surface area contributed by atoms with E-state index >= 15 is 0 Å². The van der Waals surface area contributed by atoms with Gasteiger partial charge in [-0.05, 0) is 229 Å². The van der Waals surface area contributed by atoms with Crippen molar-refractivity contribution in [2.45, 2.75) is 637 Å². The van der Waals surface area contributed by atoms with Gasteiger partial charge in [-0.2, -0.15) is 0 Å². The molecule has 2 aliphatic heterocycles. The van der Waals surface area contributed by atoms with E-state index in [2.05, 4.69) is 352 Å². The Morgan fingerprint density at radius 2 is 0.477 bits per heavy atom. The third kappa shape index (κ3) is 32.3. The molecule has 2 saturated heterocycles. The fourth-order valence-corrected chi connectivity index (χ4v) is 31.1. The molecule has 0 radical (unpaired) electrons. The van der Waals surface area contributed by atoms with E-state index in [0.717, 1.165) is 26.1 Å². The van der Waals surface area contributed by atoms with Crippen molar-refractivity contribution in [1.82, 2.24) is 5.32 Å². The number of hydrogen-bond acceptors (Lipinski definition) is 10. The Labute approximate surface area is 826 Å². The van der Waals surface area contributed by atoms with Crippen LogP contribution in [-0.2, 0) is 9.47 Å². The summed E-state index contributed by atoms with van der Waals surface area (Å²) in [6, 6.07) is 2.55. The van der Waals surface area contributed by atoms with Crippen LogP contribution in [0.1, 0.15) is 578 Å². The molecule has 8 rings (SSSR count). The van der Waals surface area contributed by atoms with Gasteiger partial charge >= 0.3 is 0 Å². The molecule has 796 valence electrons. The summed E-state index contributed by atoms with van der Waals surface area (Å²) in [5.41, 5.74) is 50.1. The van der Waals surface area contributed by atoms with Crippen LogP contribution in [0.25, 0.3) is 0 Å². The standard InChI is InChI=1S/3C14H29N.2C13H27N.2C12H25NO.C12H25N.8C2H6/c1-12(2,3)14(13(4,5)6)10-8-9-11(14)15-7;1-11(2,3)14(12(4,5)6)10-8-9-13(14,7)15;1-12(2,3)14(13(4,5)6)10-8-7-9-11(14)15;1-11(2,3)13(12(4,5)6)8-7-10(14)9-13;1-11(2,3)13(12(4,5)6)9-7-8-10(13)14;2*1-10(2,3)12(11(4,5)6)9(13)7-8-14-12;1-10(2,3)12(11(4,5)6)8-7-9(12)13;8*1-2/h11,15H,8-10H2,1-7H3;8-10,15H2,1-7H3;11H,7-10,15H2,1-6H3;2*10H,7-9,14H2,1-6H3;2*9H,7-8,13H2,1-6H3;9H,7-8,13H2,1-6H3;8*1-2H3/t11-;13-;11-;2*10-;3*9-;;;;;;;;/m11111111......../s1. The first-order valence-electron chi connectivity index (χ1n) is 55.1. The first-order valence-corrected chi connectivity index (χ1v) is 55.1. The molecule has 130 heavy (non-hydrogen) atoms. The van der Waals surface area contributed by atoms with Crippen molar-refractivity contribution in [2.24, 2.45) is 159 Å². The molecule has 0 spiro atoms. The van der Waals surface area contributed by atoms with Crippen molar-refractivity contribution in [1.29, 1.82) is 0 Å². The van der Waals surface area contributed by atoms with Crippen LogP contribution in [-0.4, -0.2) is 79.3 Å². The summed E-state index contributed by atoms with van der Waals surface area (Å²) in [4.78, 5) is 0. The second-order valence-electron chi connectivity index (χ2n) is 55.8. The fourth-order valence-electron chi connectivity index (χ4n) is 31.1. The molecule has 8 aliphatic rings. The molecule has 0 aromatic heterocycles. The van der Waals surface area contributed by atoms with E-state index in [0.29, 0.717) is 106 Å². The highest BCUT2D eigenvalue weighted by molar-refractivity contribution is 5.17.